The van der Waals surface area contributed by atoms with E-state index in [1.807, 2.05) is 18.5 Å². The summed E-state index contributed by atoms with van der Waals surface area (Å²) in [5.41, 5.74) is 2.90. The maximum atomic E-state index is 12.4. The third-order valence-electron chi connectivity index (χ3n) is 4.29. The molecule has 1 fully saturated rings. The van der Waals surface area contributed by atoms with Crippen LogP contribution in [0.25, 0.3) is 0 Å². The fourth-order valence-corrected chi connectivity index (χ4v) is 2.96. The van der Waals surface area contributed by atoms with E-state index in [0.717, 1.165) is 23.5 Å². The molecule has 122 valence electrons. The van der Waals surface area contributed by atoms with Gasteiger partial charge in [0.25, 0.3) is 0 Å². The Morgan fingerprint density at radius 1 is 1.36 bits per heavy atom. The molecule has 0 unspecified atom stereocenters. The van der Waals surface area contributed by atoms with Gasteiger partial charge in [-0.2, -0.15) is 5.10 Å². The number of rotatable bonds is 5. The average molecular weight is 307 g/mol. The molecule has 6 heteroatoms. The predicted octanol–water partition coefficient (Wildman–Crippen LogP) is 1.63. The van der Waals surface area contributed by atoms with Crippen molar-refractivity contribution in [3.05, 3.63) is 17.0 Å². The Hall–Kier alpha value is -1.85. The van der Waals surface area contributed by atoms with Crippen LogP contribution < -0.4 is 0 Å². The summed E-state index contributed by atoms with van der Waals surface area (Å²) in [5.74, 6) is -0.738. The molecular weight excluding hydrogens is 282 g/mol. The molecule has 2 rings (SSSR count). The normalized spacial score (nSPS) is 18.2. The molecular formula is C16H25N3O3. The van der Waals surface area contributed by atoms with Crippen LogP contribution in [0.4, 0.5) is 0 Å². The lowest BCUT2D eigenvalue weighted by Crippen LogP contribution is -2.31. The van der Waals surface area contributed by atoms with E-state index in [-0.39, 0.29) is 5.91 Å². The zero-order chi connectivity index (χ0) is 16.4. The van der Waals surface area contributed by atoms with Crippen molar-refractivity contribution in [2.45, 2.75) is 47.1 Å². The van der Waals surface area contributed by atoms with Gasteiger partial charge in [0.05, 0.1) is 18.0 Å². The summed E-state index contributed by atoms with van der Waals surface area (Å²) < 4.78 is 1.96. The van der Waals surface area contributed by atoms with Crippen molar-refractivity contribution in [3.63, 3.8) is 0 Å². The van der Waals surface area contributed by atoms with Gasteiger partial charge in [0.2, 0.25) is 5.91 Å². The third-order valence-corrected chi connectivity index (χ3v) is 4.29. The fraction of sp³-hybridized carbons (Fsp3) is 0.688. The van der Waals surface area contributed by atoms with Crippen LogP contribution in [0.2, 0.25) is 0 Å². The molecule has 1 N–H and O–H groups in total. The number of hydrogen-bond donors (Lipinski definition) is 1. The molecule has 1 aromatic rings. The Morgan fingerprint density at radius 3 is 2.59 bits per heavy atom. The van der Waals surface area contributed by atoms with E-state index in [4.69, 9.17) is 5.11 Å². The highest BCUT2D eigenvalue weighted by molar-refractivity contribution is 5.81. The minimum absolute atomic E-state index is 0.000882. The molecule has 0 radical (unpaired) electrons. The summed E-state index contributed by atoms with van der Waals surface area (Å²) in [7, 11) is 0. The molecule has 0 spiro atoms. The summed E-state index contributed by atoms with van der Waals surface area (Å²) in [6.45, 7) is 9.90. The van der Waals surface area contributed by atoms with Crippen LogP contribution in [-0.4, -0.2) is 44.8 Å². The second-order valence-electron chi connectivity index (χ2n) is 6.57. The maximum absolute atomic E-state index is 12.4. The number of carbonyl (C=O) groups is 2. The summed E-state index contributed by atoms with van der Waals surface area (Å²) in [6, 6.07) is 0. The topological polar surface area (TPSA) is 75.4 Å². The van der Waals surface area contributed by atoms with Crippen LogP contribution in [-0.2, 0) is 22.6 Å². The van der Waals surface area contributed by atoms with Crippen molar-refractivity contribution in [2.24, 2.45) is 11.8 Å². The van der Waals surface area contributed by atoms with E-state index < -0.39 is 11.9 Å². The Morgan fingerprint density at radius 2 is 2.05 bits per heavy atom. The number of hydrogen-bond acceptors (Lipinski definition) is 3. The van der Waals surface area contributed by atoms with Gasteiger partial charge in [-0.3, -0.25) is 14.3 Å². The second kappa shape index (κ2) is 6.50. The second-order valence-corrected chi connectivity index (χ2v) is 6.57. The molecule has 1 atom stereocenters. The lowest BCUT2D eigenvalue weighted by atomic mass is 10.1. The highest BCUT2D eigenvalue weighted by atomic mass is 16.4. The van der Waals surface area contributed by atoms with Crippen LogP contribution in [0.3, 0.4) is 0 Å². The molecule has 1 amide bonds. The monoisotopic (exact) mass is 307 g/mol. The molecule has 2 heterocycles. The zero-order valence-electron chi connectivity index (χ0n) is 13.8. The van der Waals surface area contributed by atoms with Gasteiger partial charge < -0.3 is 10.0 Å². The average Bonchev–Trinajstić information content (AvgIpc) is 3.00. The van der Waals surface area contributed by atoms with E-state index in [2.05, 4.69) is 18.9 Å². The Balaban J connectivity index is 2.06. The Kier molecular flexibility index (Phi) is 4.88. The van der Waals surface area contributed by atoms with Crippen molar-refractivity contribution >= 4 is 11.9 Å². The number of aliphatic carboxylic acids is 1. The molecule has 0 bridgehead atoms. The minimum atomic E-state index is -0.813. The van der Waals surface area contributed by atoms with Crippen molar-refractivity contribution in [1.82, 2.24) is 14.7 Å². The smallest absolute Gasteiger partial charge is 0.308 e. The van der Waals surface area contributed by atoms with E-state index >= 15 is 0 Å². The number of aryl methyl sites for hydroxylation is 1. The largest absolute Gasteiger partial charge is 0.481 e. The highest BCUT2D eigenvalue weighted by Crippen LogP contribution is 2.20. The molecule has 0 aromatic carbocycles. The first-order valence-corrected chi connectivity index (χ1v) is 7.83. The molecule has 0 aliphatic carbocycles. The highest BCUT2D eigenvalue weighted by Gasteiger charge is 2.31. The van der Waals surface area contributed by atoms with Crippen LogP contribution in [0.5, 0.6) is 0 Å². The number of aromatic nitrogens is 2. The molecule has 0 saturated carbocycles. The maximum Gasteiger partial charge on any atom is 0.308 e. The van der Waals surface area contributed by atoms with Gasteiger partial charge in [0.1, 0.15) is 0 Å². The lowest BCUT2D eigenvalue weighted by molar-refractivity contribution is -0.141. The summed E-state index contributed by atoms with van der Waals surface area (Å²) in [6.07, 6.45) is 0.855. The first kappa shape index (κ1) is 16.5. The van der Waals surface area contributed by atoms with Gasteiger partial charge >= 0.3 is 5.97 Å². The Labute approximate surface area is 131 Å². The van der Waals surface area contributed by atoms with E-state index in [0.29, 0.717) is 31.8 Å². The first-order valence-electron chi connectivity index (χ1n) is 7.83. The fourth-order valence-electron chi connectivity index (χ4n) is 2.96. The molecule has 1 aliphatic rings. The summed E-state index contributed by atoms with van der Waals surface area (Å²) >= 11 is 0. The quantitative estimate of drug-likeness (QED) is 0.897. The minimum Gasteiger partial charge on any atom is -0.481 e. The zero-order valence-corrected chi connectivity index (χ0v) is 13.8. The van der Waals surface area contributed by atoms with E-state index in [1.165, 1.54) is 0 Å². The van der Waals surface area contributed by atoms with Crippen molar-refractivity contribution in [3.8, 4) is 0 Å². The molecule has 1 aromatic heterocycles. The number of carbonyl (C=O) groups excluding carboxylic acids is 1. The van der Waals surface area contributed by atoms with Gasteiger partial charge in [-0.15, -0.1) is 0 Å². The van der Waals surface area contributed by atoms with Gasteiger partial charge in [-0.05, 0) is 26.2 Å². The van der Waals surface area contributed by atoms with Crippen LogP contribution in [0.15, 0.2) is 0 Å². The number of carboxylic acids is 1. The van der Waals surface area contributed by atoms with Gasteiger partial charge in [-0.1, -0.05) is 13.8 Å². The lowest BCUT2D eigenvalue weighted by Gasteiger charge is -2.16. The van der Waals surface area contributed by atoms with Gasteiger partial charge in [0.15, 0.2) is 0 Å². The molecule has 22 heavy (non-hydrogen) atoms. The van der Waals surface area contributed by atoms with Gasteiger partial charge in [0, 0.05) is 30.9 Å². The van der Waals surface area contributed by atoms with E-state index in [9.17, 15) is 9.59 Å². The third kappa shape index (κ3) is 3.48. The number of amides is 1. The van der Waals surface area contributed by atoms with Crippen LogP contribution in [0.1, 0.15) is 37.2 Å². The number of nitrogens with zero attached hydrogens (tertiary/aromatic N) is 3. The SMILES string of the molecule is Cc1nn(CC(C)C)c(C)c1CC(=O)N1CC[C@H](C(=O)O)C1. The first-order chi connectivity index (χ1) is 10.3. The van der Waals surface area contributed by atoms with E-state index in [1.54, 1.807) is 4.90 Å². The van der Waals surface area contributed by atoms with Gasteiger partial charge in [-0.25, -0.2) is 0 Å². The number of carboxylic acid groups (broad SMARTS) is 1. The van der Waals surface area contributed by atoms with Crippen LogP contribution >= 0.6 is 0 Å². The van der Waals surface area contributed by atoms with Crippen molar-refractivity contribution in [2.75, 3.05) is 13.1 Å². The predicted molar refractivity (Wildman–Crippen MR) is 82.6 cm³/mol. The summed E-state index contributed by atoms with van der Waals surface area (Å²) in [5, 5.41) is 13.6. The summed E-state index contributed by atoms with van der Waals surface area (Å²) in [4.78, 5) is 25.1. The van der Waals surface area contributed by atoms with Crippen molar-refractivity contribution < 1.29 is 14.7 Å². The van der Waals surface area contributed by atoms with Crippen LogP contribution in [0, 0.1) is 25.7 Å². The molecule has 1 saturated heterocycles. The Bertz CT molecular complexity index is 577. The molecule has 6 nitrogen and oxygen atoms in total. The molecule has 1 aliphatic heterocycles. The van der Waals surface area contributed by atoms with Crippen molar-refractivity contribution in [1.29, 1.82) is 0 Å². The standard InChI is InChI=1S/C16H25N3O3/c1-10(2)8-19-12(4)14(11(3)17-19)7-15(20)18-6-5-13(9-18)16(21)22/h10,13H,5-9H2,1-4H3,(H,21,22)/t13-/m0/s1. The number of likely N-dealkylation sites (tertiary alicyclic amines) is 1.